The summed E-state index contributed by atoms with van der Waals surface area (Å²) in [7, 11) is 0. The third kappa shape index (κ3) is 12.7. The van der Waals surface area contributed by atoms with Gasteiger partial charge >= 0.3 is 0 Å². The van der Waals surface area contributed by atoms with Crippen LogP contribution in [0.5, 0.6) is 0 Å². The van der Waals surface area contributed by atoms with Crippen molar-refractivity contribution in [2.24, 2.45) is 0 Å². The second-order valence-corrected chi connectivity index (χ2v) is 4.88. The first-order valence-electron chi connectivity index (χ1n) is 6.13. The molecule has 86 valence electrons. The van der Waals surface area contributed by atoms with Gasteiger partial charge in [0.25, 0.3) is 0 Å². The molecule has 0 rings (SSSR count). The Morgan fingerprint density at radius 2 is 0.571 bits per heavy atom. The van der Waals surface area contributed by atoms with Crippen LogP contribution in [0.15, 0.2) is 0 Å². The molecule has 0 aromatic rings. The van der Waals surface area contributed by atoms with Gasteiger partial charge in [-0.05, 0) is 24.3 Å². The second kappa shape index (κ2) is 13.7. The van der Waals surface area contributed by atoms with Crippen molar-refractivity contribution < 1.29 is 0 Å². The van der Waals surface area contributed by atoms with E-state index >= 15 is 0 Å². The maximum absolute atomic E-state index is 4.21. The average Bonchev–Trinajstić information content (AvgIpc) is 2.21. The van der Waals surface area contributed by atoms with Crippen molar-refractivity contribution in [2.45, 2.75) is 64.2 Å². The molecule has 0 radical (unpaired) electrons. The molecule has 2 heteroatoms. The monoisotopic (exact) mass is 234 g/mol. The van der Waals surface area contributed by atoms with Crippen LogP contribution in [0.3, 0.4) is 0 Å². The molecule has 14 heavy (non-hydrogen) atoms. The largest absolute Gasteiger partial charge is 0.179 e. The zero-order valence-electron chi connectivity index (χ0n) is 9.38. The average molecular weight is 234 g/mol. The zero-order chi connectivity index (χ0) is 10.5. The summed E-state index contributed by atoms with van der Waals surface area (Å²) in [6.45, 7) is 0. The van der Waals surface area contributed by atoms with Crippen LogP contribution < -0.4 is 0 Å². The predicted octanol–water partition coefficient (Wildman–Crippen LogP) is 4.75. The molecule has 0 unspecified atom stereocenters. The zero-order valence-corrected chi connectivity index (χ0v) is 11.2. The van der Waals surface area contributed by atoms with Gasteiger partial charge in [-0.25, -0.2) is 0 Å². The quantitative estimate of drug-likeness (QED) is 0.374. The lowest BCUT2D eigenvalue weighted by atomic mass is 10.1. The first-order valence-corrected chi connectivity index (χ1v) is 7.40. The number of rotatable bonds is 11. The first kappa shape index (κ1) is 14.7. The second-order valence-electron chi connectivity index (χ2n) is 3.98. The molecule has 0 aliphatic heterocycles. The van der Waals surface area contributed by atoms with Crippen molar-refractivity contribution in [3.8, 4) is 0 Å². The molecule has 0 heterocycles. The molecule has 0 amide bonds. The Hall–Kier alpha value is 0.700. The van der Waals surface area contributed by atoms with Crippen LogP contribution in [0.2, 0.25) is 0 Å². The number of unbranched alkanes of at least 4 members (excludes halogenated alkanes) is 9. The molecule has 0 spiro atoms. The van der Waals surface area contributed by atoms with E-state index in [0.29, 0.717) is 0 Å². The van der Waals surface area contributed by atoms with Crippen molar-refractivity contribution >= 4 is 25.3 Å². The lowest BCUT2D eigenvalue weighted by molar-refractivity contribution is 0.564. The van der Waals surface area contributed by atoms with Crippen LogP contribution in [0.25, 0.3) is 0 Å². The van der Waals surface area contributed by atoms with E-state index in [4.69, 9.17) is 0 Å². The normalized spacial score (nSPS) is 10.7. The molecule has 0 N–H and O–H groups in total. The van der Waals surface area contributed by atoms with Crippen LogP contribution in [-0.2, 0) is 0 Å². The maximum atomic E-state index is 4.21. The van der Waals surface area contributed by atoms with Gasteiger partial charge in [-0.15, -0.1) is 0 Å². The van der Waals surface area contributed by atoms with Gasteiger partial charge in [0.05, 0.1) is 0 Å². The summed E-state index contributed by atoms with van der Waals surface area (Å²) in [5, 5.41) is 0. The summed E-state index contributed by atoms with van der Waals surface area (Å²) in [5.41, 5.74) is 0. The highest BCUT2D eigenvalue weighted by atomic mass is 32.1. The number of hydrogen-bond acceptors (Lipinski definition) is 2. The summed E-state index contributed by atoms with van der Waals surface area (Å²) in [6.07, 6.45) is 13.9. The van der Waals surface area contributed by atoms with Gasteiger partial charge in [0, 0.05) is 0 Å². The van der Waals surface area contributed by atoms with E-state index in [0.717, 1.165) is 11.5 Å². The van der Waals surface area contributed by atoms with Crippen LogP contribution >= 0.6 is 25.3 Å². The van der Waals surface area contributed by atoms with E-state index in [1.807, 2.05) is 0 Å². The first-order chi connectivity index (χ1) is 6.91. The van der Waals surface area contributed by atoms with Gasteiger partial charge in [-0.3, -0.25) is 0 Å². The summed E-state index contributed by atoms with van der Waals surface area (Å²) in [4.78, 5) is 0. The van der Waals surface area contributed by atoms with E-state index in [9.17, 15) is 0 Å². The lowest BCUT2D eigenvalue weighted by Gasteiger charge is -2.01. The third-order valence-electron chi connectivity index (χ3n) is 2.57. The molecule has 0 atom stereocenters. The molecular weight excluding hydrogens is 208 g/mol. The minimum atomic E-state index is 1.06. The van der Waals surface area contributed by atoms with Crippen molar-refractivity contribution in [3.63, 3.8) is 0 Å². The summed E-state index contributed by atoms with van der Waals surface area (Å²) >= 11 is 8.41. The topological polar surface area (TPSA) is 0 Å². The highest BCUT2D eigenvalue weighted by Crippen LogP contribution is 2.10. The van der Waals surface area contributed by atoms with Gasteiger partial charge in [0.15, 0.2) is 0 Å². The fourth-order valence-electron chi connectivity index (χ4n) is 1.64. The van der Waals surface area contributed by atoms with E-state index in [1.165, 1.54) is 64.2 Å². The standard InChI is InChI=1S/C12H26S2/c13-11-9-7-5-3-1-2-4-6-8-10-12-14/h13-14H,1-12H2. The summed E-state index contributed by atoms with van der Waals surface area (Å²) < 4.78 is 0. The molecule has 0 fully saturated rings. The van der Waals surface area contributed by atoms with E-state index in [1.54, 1.807) is 0 Å². The highest BCUT2D eigenvalue weighted by molar-refractivity contribution is 7.80. The van der Waals surface area contributed by atoms with Gasteiger partial charge in [-0.1, -0.05) is 51.4 Å². The smallest absolute Gasteiger partial charge is 0.00979 e. The third-order valence-corrected chi connectivity index (χ3v) is 3.20. The Morgan fingerprint density at radius 1 is 0.357 bits per heavy atom. The van der Waals surface area contributed by atoms with Crippen LogP contribution in [-0.4, -0.2) is 11.5 Å². The molecule has 0 saturated heterocycles. The van der Waals surface area contributed by atoms with Crippen LogP contribution in [0.1, 0.15) is 64.2 Å². The number of thiol groups is 2. The Balaban J connectivity index is 2.78. The van der Waals surface area contributed by atoms with Crippen molar-refractivity contribution in [1.29, 1.82) is 0 Å². The van der Waals surface area contributed by atoms with Gasteiger partial charge in [0.1, 0.15) is 0 Å². The summed E-state index contributed by atoms with van der Waals surface area (Å²) in [5.74, 6) is 2.12. The molecule has 0 saturated carbocycles. The molecule has 0 bridgehead atoms. The molecule has 0 aromatic carbocycles. The van der Waals surface area contributed by atoms with Crippen LogP contribution in [0, 0.1) is 0 Å². The number of hydrogen-bond donors (Lipinski definition) is 2. The Kier molecular flexibility index (Phi) is 14.4. The van der Waals surface area contributed by atoms with Crippen molar-refractivity contribution in [3.05, 3.63) is 0 Å². The fourth-order valence-corrected chi connectivity index (χ4v) is 2.09. The molecule has 0 nitrogen and oxygen atoms in total. The Bertz CT molecular complexity index is 82.3. The van der Waals surface area contributed by atoms with E-state index < -0.39 is 0 Å². The van der Waals surface area contributed by atoms with Gasteiger partial charge in [-0.2, -0.15) is 25.3 Å². The van der Waals surface area contributed by atoms with E-state index in [2.05, 4.69) is 25.3 Å². The van der Waals surface area contributed by atoms with Crippen molar-refractivity contribution in [1.82, 2.24) is 0 Å². The van der Waals surface area contributed by atoms with Gasteiger partial charge in [0.2, 0.25) is 0 Å². The SMILES string of the molecule is SCCCCCCCCCCCCS. The highest BCUT2D eigenvalue weighted by Gasteiger charge is 1.91. The molecule has 0 aliphatic carbocycles. The Morgan fingerprint density at radius 3 is 0.786 bits per heavy atom. The van der Waals surface area contributed by atoms with E-state index in [-0.39, 0.29) is 0 Å². The molecular formula is C12H26S2. The van der Waals surface area contributed by atoms with Crippen molar-refractivity contribution in [2.75, 3.05) is 11.5 Å². The van der Waals surface area contributed by atoms with Crippen LogP contribution in [0.4, 0.5) is 0 Å². The van der Waals surface area contributed by atoms with Gasteiger partial charge < -0.3 is 0 Å². The fraction of sp³-hybridized carbons (Fsp3) is 1.00. The maximum Gasteiger partial charge on any atom is -0.00979 e. The molecule has 0 aromatic heterocycles. The predicted molar refractivity (Wildman–Crippen MR) is 73.9 cm³/mol. The Labute approximate surface area is 101 Å². The minimum absolute atomic E-state index is 1.06. The summed E-state index contributed by atoms with van der Waals surface area (Å²) in [6, 6.07) is 0. The lowest BCUT2D eigenvalue weighted by Crippen LogP contribution is -1.83. The minimum Gasteiger partial charge on any atom is -0.179 e. The molecule has 0 aliphatic rings.